The van der Waals surface area contributed by atoms with Gasteiger partial charge in [0.2, 0.25) is 17.8 Å². The van der Waals surface area contributed by atoms with Gasteiger partial charge < -0.3 is 24.8 Å². The lowest BCUT2D eigenvalue weighted by Gasteiger charge is -2.10. The minimum Gasteiger partial charge on any atom is -0.454 e. The molecule has 3 rings (SSSR count). The number of carbonyl (C=O) groups is 1. The molecule has 0 fully saturated rings. The van der Waals surface area contributed by atoms with E-state index in [0.717, 1.165) is 4.34 Å². The SMILES string of the molecule is COCCNc1nnc(S[C@@H](C)C(=O)Nc2ccc3c(c2)OCO3)s1. The van der Waals surface area contributed by atoms with Crippen LogP contribution in [0.25, 0.3) is 0 Å². The molecule has 0 bridgehead atoms. The van der Waals surface area contributed by atoms with Crippen molar-refractivity contribution in [3.8, 4) is 11.5 Å². The highest BCUT2D eigenvalue weighted by Gasteiger charge is 2.19. The summed E-state index contributed by atoms with van der Waals surface area (Å²) in [5, 5.41) is 14.5. The maximum Gasteiger partial charge on any atom is 0.237 e. The first kappa shape index (κ1) is 17.8. The van der Waals surface area contributed by atoms with Gasteiger partial charge in [-0.15, -0.1) is 10.2 Å². The van der Waals surface area contributed by atoms with Crippen LogP contribution in [-0.4, -0.2) is 48.4 Å². The lowest BCUT2D eigenvalue weighted by molar-refractivity contribution is -0.115. The Kier molecular flexibility index (Phi) is 5.95. The summed E-state index contributed by atoms with van der Waals surface area (Å²) in [4.78, 5) is 12.4. The molecule has 1 atom stereocenters. The summed E-state index contributed by atoms with van der Waals surface area (Å²) in [6, 6.07) is 5.31. The number of hydrogen-bond acceptors (Lipinski definition) is 9. The number of rotatable bonds is 8. The largest absolute Gasteiger partial charge is 0.454 e. The smallest absolute Gasteiger partial charge is 0.237 e. The third-order valence-electron chi connectivity index (χ3n) is 3.28. The number of methoxy groups -OCH3 is 1. The van der Waals surface area contributed by atoms with E-state index in [1.807, 2.05) is 6.92 Å². The molecule has 1 amide bonds. The number of aromatic nitrogens is 2. The summed E-state index contributed by atoms with van der Waals surface area (Å²) in [6.07, 6.45) is 0. The van der Waals surface area contributed by atoms with Crippen molar-refractivity contribution in [3.05, 3.63) is 18.2 Å². The molecule has 1 aromatic carbocycles. The van der Waals surface area contributed by atoms with Gasteiger partial charge in [0.15, 0.2) is 15.8 Å². The molecule has 134 valence electrons. The van der Waals surface area contributed by atoms with E-state index in [1.165, 1.54) is 23.1 Å². The summed E-state index contributed by atoms with van der Waals surface area (Å²) < 4.78 is 16.3. The maximum absolute atomic E-state index is 12.4. The van der Waals surface area contributed by atoms with E-state index in [4.69, 9.17) is 14.2 Å². The van der Waals surface area contributed by atoms with Crippen molar-refractivity contribution in [2.45, 2.75) is 16.5 Å². The van der Waals surface area contributed by atoms with Crippen LogP contribution in [0.5, 0.6) is 11.5 Å². The zero-order chi connectivity index (χ0) is 17.6. The molecule has 8 nitrogen and oxygen atoms in total. The fraction of sp³-hybridized carbons (Fsp3) is 0.400. The number of nitrogens with zero attached hydrogens (tertiary/aromatic N) is 2. The van der Waals surface area contributed by atoms with Crippen LogP contribution < -0.4 is 20.1 Å². The third-order valence-corrected chi connectivity index (χ3v) is 5.34. The second-order valence-corrected chi connectivity index (χ2v) is 7.68. The zero-order valence-corrected chi connectivity index (χ0v) is 15.4. The van der Waals surface area contributed by atoms with Crippen molar-refractivity contribution >= 4 is 39.8 Å². The fourth-order valence-electron chi connectivity index (χ4n) is 2.01. The number of hydrogen-bond donors (Lipinski definition) is 2. The van der Waals surface area contributed by atoms with E-state index < -0.39 is 0 Å². The normalized spacial score (nSPS) is 13.5. The van der Waals surface area contributed by atoms with Crippen LogP contribution in [0.1, 0.15) is 6.92 Å². The number of fused-ring (bicyclic) bond motifs is 1. The summed E-state index contributed by atoms with van der Waals surface area (Å²) in [5.74, 6) is 1.20. The number of benzene rings is 1. The van der Waals surface area contributed by atoms with E-state index >= 15 is 0 Å². The Balaban J connectivity index is 1.52. The van der Waals surface area contributed by atoms with Crippen LogP contribution in [0.15, 0.2) is 22.5 Å². The molecule has 1 aromatic heterocycles. The second kappa shape index (κ2) is 8.37. The molecule has 10 heteroatoms. The highest BCUT2D eigenvalue weighted by Crippen LogP contribution is 2.35. The van der Waals surface area contributed by atoms with Gasteiger partial charge in [-0.1, -0.05) is 23.1 Å². The van der Waals surface area contributed by atoms with Crippen molar-refractivity contribution in [2.24, 2.45) is 0 Å². The van der Waals surface area contributed by atoms with Gasteiger partial charge in [0.1, 0.15) is 0 Å². The first-order valence-corrected chi connectivity index (χ1v) is 9.29. The molecular formula is C15H18N4O4S2. The van der Waals surface area contributed by atoms with Gasteiger partial charge in [-0.2, -0.15) is 0 Å². The molecule has 1 aliphatic rings. The van der Waals surface area contributed by atoms with Crippen LogP contribution in [0.2, 0.25) is 0 Å². The lowest BCUT2D eigenvalue weighted by Crippen LogP contribution is -2.22. The van der Waals surface area contributed by atoms with Crippen LogP contribution in [0.3, 0.4) is 0 Å². The minimum absolute atomic E-state index is 0.118. The summed E-state index contributed by atoms with van der Waals surface area (Å²) in [5.41, 5.74) is 0.667. The minimum atomic E-state index is -0.315. The Bertz CT molecular complexity index is 740. The molecule has 0 saturated carbocycles. The quantitative estimate of drug-likeness (QED) is 0.531. The highest BCUT2D eigenvalue weighted by atomic mass is 32.2. The molecule has 2 aromatic rings. The molecule has 0 aliphatic carbocycles. The van der Waals surface area contributed by atoms with Crippen molar-refractivity contribution in [1.29, 1.82) is 0 Å². The predicted octanol–water partition coefficient (Wildman–Crippen LogP) is 2.44. The van der Waals surface area contributed by atoms with Crippen molar-refractivity contribution in [1.82, 2.24) is 10.2 Å². The molecule has 25 heavy (non-hydrogen) atoms. The number of anilines is 2. The van der Waals surface area contributed by atoms with Crippen molar-refractivity contribution in [3.63, 3.8) is 0 Å². The second-order valence-electron chi connectivity index (χ2n) is 5.11. The van der Waals surface area contributed by atoms with Crippen LogP contribution in [-0.2, 0) is 9.53 Å². The number of carbonyl (C=O) groups excluding carboxylic acids is 1. The van der Waals surface area contributed by atoms with Gasteiger partial charge in [-0.05, 0) is 19.1 Å². The topological polar surface area (TPSA) is 94.6 Å². The molecule has 0 radical (unpaired) electrons. The van der Waals surface area contributed by atoms with E-state index in [-0.39, 0.29) is 18.0 Å². The van der Waals surface area contributed by atoms with Gasteiger partial charge in [0, 0.05) is 25.4 Å². The molecule has 0 spiro atoms. The predicted molar refractivity (Wildman–Crippen MR) is 96.8 cm³/mol. The summed E-state index contributed by atoms with van der Waals surface area (Å²) >= 11 is 2.77. The van der Waals surface area contributed by atoms with E-state index in [2.05, 4.69) is 20.8 Å². The van der Waals surface area contributed by atoms with Gasteiger partial charge in [0.05, 0.1) is 11.9 Å². The van der Waals surface area contributed by atoms with Gasteiger partial charge in [-0.25, -0.2) is 0 Å². The Morgan fingerprint density at radius 1 is 1.40 bits per heavy atom. The van der Waals surface area contributed by atoms with E-state index in [9.17, 15) is 4.79 Å². The van der Waals surface area contributed by atoms with Crippen molar-refractivity contribution in [2.75, 3.05) is 37.7 Å². The first-order chi connectivity index (χ1) is 12.2. The average molecular weight is 382 g/mol. The molecule has 0 saturated heterocycles. The van der Waals surface area contributed by atoms with Crippen LogP contribution in [0, 0.1) is 0 Å². The van der Waals surface area contributed by atoms with Crippen molar-refractivity contribution < 1.29 is 19.0 Å². The fourth-order valence-corrected chi connectivity index (χ4v) is 3.93. The number of ether oxygens (including phenoxy) is 3. The number of thioether (sulfide) groups is 1. The van der Waals surface area contributed by atoms with E-state index in [0.29, 0.717) is 35.5 Å². The molecule has 2 heterocycles. The van der Waals surface area contributed by atoms with Gasteiger partial charge >= 0.3 is 0 Å². The van der Waals surface area contributed by atoms with Gasteiger partial charge in [0.25, 0.3) is 0 Å². The monoisotopic (exact) mass is 382 g/mol. The number of amides is 1. The zero-order valence-electron chi connectivity index (χ0n) is 13.8. The standard InChI is InChI=1S/C15H18N4O4S2/c1-9(24-15-19-18-14(25-15)16-5-6-21-2)13(20)17-10-3-4-11-12(7-10)23-8-22-11/h3-4,7,9H,5-6,8H2,1-2H3,(H,16,18)(H,17,20)/t9-/m0/s1. The molecule has 0 unspecified atom stereocenters. The number of nitrogens with one attached hydrogen (secondary N) is 2. The Morgan fingerprint density at radius 2 is 2.24 bits per heavy atom. The summed E-state index contributed by atoms with van der Waals surface area (Å²) in [6.45, 7) is 3.29. The Labute approximate surface area is 153 Å². The molecule has 2 N–H and O–H groups in total. The third kappa shape index (κ3) is 4.74. The molecule has 1 aliphatic heterocycles. The lowest BCUT2D eigenvalue weighted by atomic mass is 10.2. The van der Waals surface area contributed by atoms with Crippen LogP contribution >= 0.6 is 23.1 Å². The van der Waals surface area contributed by atoms with E-state index in [1.54, 1.807) is 25.3 Å². The molecular weight excluding hydrogens is 364 g/mol. The first-order valence-electron chi connectivity index (χ1n) is 7.59. The highest BCUT2D eigenvalue weighted by molar-refractivity contribution is 8.02. The summed E-state index contributed by atoms with van der Waals surface area (Å²) in [7, 11) is 1.64. The Morgan fingerprint density at radius 3 is 3.08 bits per heavy atom. The average Bonchev–Trinajstić information content (AvgIpc) is 3.24. The van der Waals surface area contributed by atoms with Gasteiger partial charge in [-0.3, -0.25) is 4.79 Å². The van der Waals surface area contributed by atoms with Crippen LogP contribution in [0.4, 0.5) is 10.8 Å². The maximum atomic E-state index is 12.4. The Hall–Kier alpha value is -2.04.